The average molecular weight is 508 g/mol. The van der Waals surface area contributed by atoms with Crippen LogP contribution in [-0.4, -0.2) is 46.2 Å². The summed E-state index contributed by atoms with van der Waals surface area (Å²) in [7, 11) is -1.67. The lowest BCUT2D eigenvalue weighted by molar-refractivity contribution is 0.0243. The Bertz CT molecular complexity index is 742. The molecule has 1 aliphatic heterocycles. The van der Waals surface area contributed by atoms with Crippen LogP contribution in [-0.2, 0) is 21.3 Å². The predicted octanol–water partition coefficient (Wildman–Crippen LogP) is 1.98. The minimum absolute atomic E-state index is 0. The van der Waals surface area contributed by atoms with Crippen molar-refractivity contribution in [3.8, 4) is 0 Å². The molecular formula is C18H29IN4O3S. The molecule has 0 radical (unpaired) electrons. The fourth-order valence-corrected chi connectivity index (χ4v) is 4.23. The Morgan fingerprint density at radius 3 is 2.52 bits per heavy atom. The molecular weight excluding hydrogens is 479 g/mol. The largest absolute Gasteiger partial charge is 0.373 e. The maximum atomic E-state index is 12.2. The molecule has 2 aliphatic rings. The van der Waals surface area contributed by atoms with Gasteiger partial charge < -0.3 is 15.4 Å². The van der Waals surface area contributed by atoms with Crippen molar-refractivity contribution in [2.75, 3.05) is 20.2 Å². The van der Waals surface area contributed by atoms with Crippen LogP contribution in [0, 0.1) is 0 Å². The molecule has 1 heterocycles. The van der Waals surface area contributed by atoms with Crippen LogP contribution in [0.25, 0.3) is 0 Å². The lowest BCUT2D eigenvalue weighted by atomic mass is 10.0. The van der Waals surface area contributed by atoms with Gasteiger partial charge in [0.25, 0.3) is 0 Å². The molecule has 27 heavy (non-hydrogen) atoms. The van der Waals surface area contributed by atoms with E-state index in [9.17, 15) is 8.42 Å². The van der Waals surface area contributed by atoms with Gasteiger partial charge in [0.1, 0.15) is 0 Å². The molecule has 1 aromatic rings. The zero-order valence-electron chi connectivity index (χ0n) is 15.8. The van der Waals surface area contributed by atoms with Crippen LogP contribution in [0.1, 0.15) is 38.2 Å². The molecule has 0 amide bonds. The molecule has 0 spiro atoms. The van der Waals surface area contributed by atoms with Crippen molar-refractivity contribution in [2.24, 2.45) is 4.99 Å². The second kappa shape index (κ2) is 9.53. The third kappa shape index (κ3) is 6.58. The first-order chi connectivity index (χ1) is 12.4. The normalized spacial score (nSPS) is 23.0. The van der Waals surface area contributed by atoms with Gasteiger partial charge in [-0.1, -0.05) is 12.1 Å². The maximum Gasteiger partial charge on any atom is 0.240 e. The zero-order valence-corrected chi connectivity index (χ0v) is 19.0. The first-order valence-electron chi connectivity index (χ1n) is 9.10. The van der Waals surface area contributed by atoms with Crippen molar-refractivity contribution >= 4 is 40.0 Å². The number of hydrogen-bond donors (Lipinski definition) is 3. The number of rotatable bonds is 7. The van der Waals surface area contributed by atoms with Crippen LogP contribution in [0.3, 0.4) is 0 Å². The number of nitrogens with zero attached hydrogens (tertiary/aromatic N) is 1. The first kappa shape index (κ1) is 22.4. The van der Waals surface area contributed by atoms with Crippen LogP contribution in [0.5, 0.6) is 0 Å². The summed E-state index contributed by atoms with van der Waals surface area (Å²) in [6, 6.07) is 7.05. The number of benzene rings is 1. The number of halogens is 1. The van der Waals surface area contributed by atoms with E-state index in [2.05, 4.69) is 27.3 Å². The van der Waals surface area contributed by atoms with E-state index in [0.29, 0.717) is 23.9 Å². The van der Waals surface area contributed by atoms with Gasteiger partial charge in [-0.15, -0.1) is 24.0 Å². The van der Waals surface area contributed by atoms with Crippen molar-refractivity contribution in [3.63, 3.8) is 0 Å². The van der Waals surface area contributed by atoms with E-state index in [1.54, 1.807) is 19.2 Å². The van der Waals surface area contributed by atoms with Crippen LogP contribution in [0.2, 0.25) is 0 Å². The van der Waals surface area contributed by atoms with E-state index < -0.39 is 10.0 Å². The van der Waals surface area contributed by atoms with Gasteiger partial charge in [0.15, 0.2) is 5.96 Å². The molecule has 152 valence electrons. The summed E-state index contributed by atoms with van der Waals surface area (Å²) >= 11 is 0. The molecule has 3 rings (SSSR count). The lowest BCUT2D eigenvalue weighted by Crippen LogP contribution is -2.45. The minimum Gasteiger partial charge on any atom is -0.373 e. The molecule has 0 bridgehead atoms. The average Bonchev–Trinajstić information content (AvgIpc) is 3.32. The van der Waals surface area contributed by atoms with Crippen molar-refractivity contribution in [1.29, 1.82) is 0 Å². The highest BCUT2D eigenvalue weighted by atomic mass is 127. The second-order valence-corrected chi connectivity index (χ2v) is 8.93. The van der Waals surface area contributed by atoms with E-state index in [4.69, 9.17) is 4.74 Å². The summed E-state index contributed by atoms with van der Waals surface area (Å²) < 4.78 is 32.8. The summed E-state index contributed by atoms with van der Waals surface area (Å²) in [5, 5.41) is 6.54. The Kier molecular flexibility index (Phi) is 7.90. The highest BCUT2D eigenvalue weighted by Gasteiger charge is 2.30. The third-order valence-electron chi connectivity index (χ3n) is 4.75. The van der Waals surface area contributed by atoms with Gasteiger partial charge in [-0.05, 0) is 50.3 Å². The van der Waals surface area contributed by atoms with Crippen molar-refractivity contribution < 1.29 is 13.2 Å². The molecule has 7 nitrogen and oxygen atoms in total. The topological polar surface area (TPSA) is 91.8 Å². The quantitative estimate of drug-likeness (QED) is 0.298. The molecule has 1 aliphatic carbocycles. The third-order valence-corrected chi connectivity index (χ3v) is 6.28. The van der Waals surface area contributed by atoms with Gasteiger partial charge in [0.05, 0.1) is 10.5 Å². The van der Waals surface area contributed by atoms with E-state index in [-0.39, 0.29) is 35.6 Å². The van der Waals surface area contributed by atoms with Crippen molar-refractivity contribution in [1.82, 2.24) is 15.4 Å². The summed E-state index contributed by atoms with van der Waals surface area (Å²) in [6.07, 6.45) is 3.99. The van der Waals surface area contributed by atoms with Gasteiger partial charge in [-0.3, -0.25) is 4.99 Å². The number of sulfonamides is 1. The monoisotopic (exact) mass is 508 g/mol. The van der Waals surface area contributed by atoms with Crippen LogP contribution in [0.4, 0.5) is 0 Å². The molecule has 3 N–H and O–H groups in total. The van der Waals surface area contributed by atoms with Gasteiger partial charge >= 0.3 is 0 Å². The molecule has 1 atom stereocenters. The number of hydrogen-bond acceptors (Lipinski definition) is 4. The van der Waals surface area contributed by atoms with Crippen LogP contribution >= 0.6 is 24.0 Å². The Hall–Kier alpha value is -0.910. The van der Waals surface area contributed by atoms with Crippen LogP contribution < -0.4 is 15.4 Å². The van der Waals surface area contributed by atoms with Gasteiger partial charge in [-0.25, -0.2) is 13.1 Å². The van der Waals surface area contributed by atoms with Crippen LogP contribution in [0.15, 0.2) is 34.2 Å². The number of ether oxygens (including phenoxy) is 1. The first-order valence-corrected chi connectivity index (χ1v) is 10.6. The molecule has 1 saturated heterocycles. The van der Waals surface area contributed by atoms with Crippen molar-refractivity contribution in [2.45, 2.75) is 55.7 Å². The van der Waals surface area contributed by atoms with Gasteiger partial charge in [0.2, 0.25) is 10.0 Å². The number of aliphatic imine (C=N–C) groups is 1. The smallest absolute Gasteiger partial charge is 0.240 e. The number of nitrogens with one attached hydrogen (secondary N) is 3. The standard InChI is InChI=1S/C18H28N4O3S.HI/c1-18(10-3-11-25-18)13-21-17(19-2)20-12-14-4-8-16(9-5-14)26(23,24)22-15-6-7-15;/h4-5,8-9,15,22H,3,6-7,10-13H2,1-2H3,(H2,19,20,21);1H. The Balaban J connectivity index is 0.00000261. The summed E-state index contributed by atoms with van der Waals surface area (Å²) in [5.74, 6) is 0.703. The van der Waals surface area contributed by atoms with Gasteiger partial charge in [-0.2, -0.15) is 0 Å². The molecule has 1 saturated carbocycles. The molecule has 1 unspecified atom stereocenters. The summed E-state index contributed by atoms with van der Waals surface area (Å²) in [4.78, 5) is 4.53. The fraction of sp³-hybridized carbons (Fsp3) is 0.611. The highest BCUT2D eigenvalue weighted by Crippen LogP contribution is 2.24. The lowest BCUT2D eigenvalue weighted by Gasteiger charge is -2.24. The molecule has 0 aromatic heterocycles. The second-order valence-electron chi connectivity index (χ2n) is 7.22. The highest BCUT2D eigenvalue weighted by molar-refractivity contribution is 14.0. The SMILES string of the molecule is CN=C(NCc1ccc(S(=O)(=O)NC2CC2)cc1)NCC1(C)CCCO1.I. The van der Waals surface area contributed by atoms with E-state index in [1.165, 1.54) is 0 Å². The Morgan fingerprint density at radius 2 is 1.96 bits per heavy atom. The molecule has 1 aromatic carbocycles. The minimum atomic E-state index is -3.40. The van der Waals surface area contributed by atoms with Gasteiger partial charge in [0, 0.05) is 32.8 Å². The fourth-order valence-electron chi connectivity index (χ4n) is 2.93. The molecule has 9 heteroatoms. The summed E-state index contributed by atoms with van der Waals surface area (Å²) in [6.45, 7) is 4.19. The number of guanidine groups is 1. The Labute approximate surface area is 178 Å². The van der Waals surface area contributed by atoms with E-state index in [0.717, 1.165) is 37.9 Å². The Morgan fingerprint density at radius 1 is 1.26 bits per heavy atom. The molecule has 2 fully saturated rings. The predicted molar refractivity (Wildman–Crippen MR) is 117 cm³/mol. The van der Waals surface area contributed by atoms with E-state index >= 15 is 0 Å². The zero-order chi connectivity index (χ0) is 18.6. The summed E-state index contributed by atoms with van der Waals surface area (Å²) in [5.41, 5.74) is 0.851. The maximum absolute atomic E-state index is 12.2. The van der Waals surface area contributed by atoms with E-state index in [1.807, 2.05) is 12.1 Å². The van der Waals surface area contributed by atoms with Crippen molar-refractivity contribution in [3.05, 3.63) is 29.8 Å².